The van der Waals surface area contributed by atoms with Gasteiger partial charge in [-0.05, 0) is 60.4 Å². The number of aryl methyl sites for hydroxylation is 2. The highest BCUT2D eigenvalue weighted by Crippen LogP contribution is 2.32. The maximum Gasteiger partial charge on any atom is 0.336 e. The Bertz CT molecular complexity index is 654. The van der Waals surface area contributed by atoms with Crippen molar-refractivity contribution in [3.8, 4) is 16.9 Å². The van der Waals surface area contributed by atoms with Gasteiger partial charge in [0.25, 0.3) is 0 Å². The topological polar surface area (TPSA) is 46.5 Å². The van der Waals surface area contributed by atoms with Crippen molar-refractivity contribution >= 4 is 21.9 Å². The molecule has 20 heavy (non-hydrogen) atoms. The summed E-state index contributed by atoms with van der Waals surface area (Å²) in [6.45, 7) is 3.91. The van der Waals surface area contributed by atoms with Crippen LogP contribution in [0.3, 0.4) is 0 Å². The minimum atomic E-state index is -0.938. The number of carboxylic acids is 1. The third kappa shape index (κ3) is 2.70. The van der Waals surface area contributed by atoms with E-state index in [1.165, 1.54) is 0 Å². The van der Waals surface area contributed by atoms with Gasteiger partial charge in [0.15, 0.2) is 0 Å². The van der Waals surface area contributed by atoms with Gasteiger partial charge in [-0.15, -0.1) is 0 Å². The minimum absolute atomic E-state index is 0.281. The molecule has 0 unspecified atom stereocenters. The average Bonchev–Trinajstić information content (AvgIpc) is 2.38. The number of ether oxygens (including phenoxy) is 1. The third-order valence-corrected chi connectivity index (χ3v) is 3.68. The van der Waals surface area contributed by atoms with Crippen molar-refractivity contribution in [2.75, 3.05) is 7.11 Å². The molecule has 0 radical (unpaired) electrons. The lowest BCUT2D eigenvalue weighted by Gasteiger charge is -2.13. The summed E-state index contributed by atoms with van der Waals surface area (Å²) >= 11 is 3.31. The van der Waals surface area contributed by atoms with Crippen molar-refractivity contribution in [3.63, 3.8) is 0 Å². The van der Waals surface area contributed by atoms with Crippen molar-refractivity contribution in [1.29, 1.82) is 0 Å². The van der Waals surface area contributed by atoms with E-state index in [9.17, 15) is 9.90 Å². The summed E-state index contributed by atoms with van der Waals surface area (Å²) < 4.78 is 6.09. The summed E-state index contributed by atoms with van der Waals surface area (Å²) in [4.78, 5) is 11.4. The standard InChI is InChI=1S/C16H15BrO3/c1-9-6-11(7-10(2)15(9)20-3)13-5-4-12(17)8-14(13)16(18)19/h4-8H,1-3H3,(H,18,19). The van der Waals surface area contributed by atoms with Crippen LogP contribution in [0.5, 0.6) is 5.75 Å². The normalized spacial score (nSPS) is 10.4. The van der Waals surface area contributed by atoms with Gasteiger partial charge >= 0.3 is 5.97 Å². The molecule has 0 saturated heterocycles. The van der Waals surface area contributed by atoms with E-state index in [0.29, 0.717) is 5.56 Å². The Balaban J connectivity index is 2.66. The summed E-state index contributed by atoms with van der Waals surface area (Å²) in [6, 6.07) is 9.17. The molecule has 104 valence electrons. The monoisotopic (exact) mass is 334 g/mol. The molecule has 0 saturated carbocycles. The van der Waals surface area contributed by atoms with Gasteiger partial charge < -0.3 is 9.84 Å². The van der Waals surface area contributed by atoms with Crippen LogP contribution in [0.15, 0.2) is 34.8 Å². The fraction of sp³-hybridized carbons (Fsp3) is 0.188. The average molecular weight is 335 g/mol. The first-order chi connectivity index (χ1) is 9.43. The molecule has 0 bridgehead atoms. The van der Waals surface area contributed by atoms with Crippen LogP contribution in [-0.4, -0.2) is 18.2 Å². The molecule has 2 aromatic carbocycles. The number of methoxy groups -OCH3 is 1. The van der Waals surface area contributed by atoms with Crippen LogP contribution in [0.4, 0.5) is 0 Å². The van der Waals surface area contributed by atoms with Crippen LogP contribution in [-0.2, 0) is 0 Å². The third-order valence-electron chi connectivity index (χ3n) is 3.19. The first-order valence-corrected chi connectivity index (χ1v) is 6.91. The van der Waals surface area contributed by atoms with Crippen molar-refractivity contribution in [3.05, 3.63) is 51.5 Å². The van der Waals surface area contributed by atoms with Gasteiger partial charge in [0.05, 0.1) is 12.7 Å². The van der Waals surface area contributed by atoms with E-state index >= 15 is 0 Å². The molecule has 0 spiro atoms. The number of benzene rings is 2. The number of hydrogen-bond acceptors (Lipinski definition) is 2. The Morgan fingerprint density at radius 1 is 1.15 bits per heavy atom. The van der Waals surface area contributed by atoms with Crippen LogP contribution in [0.2, 0.25) is 0 Å². The Kier molecular flexibility index (Phi) is 4.14. The fourth-order valence-electron chi connectivity index (χ4n) is 2.37. The molecule has 0 amide bonds. The Morgan fingerprint density at radius 2 is 1.75 bits per heavy atom. The van der Waals surface area contributed by atoms with E-state index in [-0.39, 0.29) is 5.56 Å². The lowest BCUT2D eigenvalue weighted by molar-refractivity contribution is 0.0697. The number of hydrogen-bond donors (Lipinski definition) is 1. The predicted molar refractivity (Wildman–Crippen MR) is 82.6 cm³/mol. The lowest BCUT2D eigenvalue weighted by atomic mass is 9.96. The van der Waals surface area contributed by atoms with Gasteiger partial charge in [-0.3, -0.25) is 0 Å². The molecule has 3 nitrogen and oxygen atoms in total. The maximum atomic E-state index is 11.4. The Morgan fingerprint density at radius 3 is 2.25 bits per heavy atom. The van der Waals surface area contributed by atoms with E-state index in [1.54, 1.807) is 13.2 Å². The van der Waals surface area contributed by atoms with E-state index < -0.39 is 5.97 Å². The SMILES string of the molecule is COc1c(C)cc(-c2ccc(Br)cc2C(=O)O)cc1C. The molecular weight excluding hydrogens is 320 g/mol. The molecule has 0 aliphatic heterocycles. The number of carboxylic acid groups (broad SMARTS) is 1. The van der Waals surface area contributed by atoms with Crippen LogP contribution in [0, 0.1) is 13.8 Å². The number of halogens is 1. The first kappa shape index (κ1) is 14.6. The zero-order chi connectivity index (χ0) is 14.9. The smallest absolute Gasteiger partial charge is 0.336 e. The summed E-state index contributed by atoms with van der Waals surface area (Å²) in [5.41, 5.74) is 3.84. The number of rotatable bonds is 3. The molecule has 0 aliphatic rings. The van der Waals surface area contributed by atoms with Crippen molar-refractivity contribution in [1.82, 2.24) is 0 Å². The molecular formula is C16H15BrO3. The van der Waals surface area contributed by atoms with Gasteiger partial charge in [0, 0.05) is 4.47 Å². The second-order valence-corrected chi connectivity index (χ2v) is 5.55. The minimum Gasteiger partial charge on any atom is -0.496 e. The van der Waals surface area contributed by atoms with E-state index in [4.69, 9.17) is 4.74 Å². The van der Waals surface area contributed by atoms with E-state index in [2.05, 4.69) is 15.9 Å². The zero-order valence-corrected chi connectivity index (χ0v) is 13.1. The van der Waals surface area contributed by atoms with Gasteiger partial charge in [-0.25, -0.2) is 4.79 Å². The summed E-state index contributed by atoms with van der Waals surface area (Å²) in [6.07, 6.45) is 0. The largest absolute Gasteiger partial charge is 0.496 e. The molecule has 0 fully saturated rings. The van der Waals surface area contributed by atoms with Crippen LogP contribution in [0.1, 0.15) is 21.5 Å². The molecule has 2 rings (SSSR count). The predicted octanol–water partition coefficient (Wildman–Crippen LogP) is 4.44. The number of aromatic carboxylic acids is 1. The summed E-state index contributed by atoms with van der Waals surface area (Å²) in [5, 5.41) is 9.35. The molecule has 2 aromatic rings. The quantitative estimate of drug-likeness (QED) is 0.902. The van der Waals surface area contributed by atoms with Gasteiger partial charge in [0.1, 0.15) is 5.75 Å². The second kappa shape index (κ2) is 5.67. The fourth-order valence-corrected chi connectivity index (χ4v) is 2.73. The van der Waals surface area contributed by atoms with E-state index in [0.717, 1.165) is 26.9 Å². The van der Waals surface area contributed by atoms with Gasteiger partial charge in [-0.1, -0.05) is 22.0 Å². The molecule has 1 N–H and O–H groups in total. The first-order valence-electron chi connectivity index (χ1n) is 6.12. The Hall–Kier alpha value is -1.81. The number of carbonyl (C=O) groups is 1. The zero-order valence-electron chi connectivity index (χ0n) is 11.5. The van der Waals surface area contributed by atoms with Crippen molar-refractivity contribution in [2.24, 2.45) is 0 Å². The van der Waals surface area contributed by atoms with Crippen LogP contribution < -0.4 is 4.74 Å². The molecule has 4 heteroatoms. The van der Waals surface area contributed by atoms with Crippen LogP contribution >= 0.6 is 15.9 Å². The van der Waals surface area contributed by atoms with Crippen molar-refractivity contribution < 1.29 is 14.6 Å². The van der Waals surface area contributed by atoms with Crippen molar-refractivity contribution in [2.45, 2.75) is 13.8 Å². The molecule has 0 aliphatic carbocycles. The van der Waals surface area contributed by atoms with Crippen LogP contribution in [0.25, 0.3) is 11.1 Å². The summed E-state index contributed by atoms with van der Waals surface area (Å²) in [7, 11) is 1.64. The van der Waals surface area contributed by atoms with E-state index in [1.807, 2.05) is 38.1 Å². The highest BCUT2D eigenvalue weighted by Gasteiger charge is 2.14. The Labute approximate surface area is 126 Å². The second-order valence-electron chi connectivity index (χ2n) is 4.64. The van der Waals surface area contributed by atoms with Gasteiger partial charge in [-0.2, -0.15) is 0 Å². The maximum absolute atomic E-state index is 11.4. The summed E-state index contributed by atoms with van der Waals surface area (Å²) in [5.74, 6) is -0.102. The lowest BCUT2D eigenvalue weighted by Crippen LogP contribution is -2.00. The highest BCUT2D eigenvalue weighted by atomic mass is 79.9. The molecule has 0 heterocycles. The molecule has 0 aromatic heterocycles. The molecule has 0 atom stereocenters. The highest BCUT2D eigenvalue weighted by molar-refractivity contribution is 9.10. The van der Waals surface area contributed by atoms with Gasteiger partial charge in [0.2, 0.25) is 0 Å².